The lowest BCUT2D eigenvalue weighted by Gasteiger charge is -2.07. The number of hydrogen-bond donors (Lipinski definition) is 2. The minimum atomic E-state index is -0.820. The zero-order valence-electron chi connectivity index (χ0n) is 15.1. The predicted molar refractivity (Wildman–Crippen MR) is 99.9 cm³/mol. The monoisotopic (exact) mass is 397 g/mol. The Bertz CT molecular complexity index is 1120. The van der Waals surface area contributed by atoms with Crippen LogP contribution in [-0.2, 0) is 9.53 Å². The normalized spacial score (nSPS) is 10.4. The number of esters is 1. The van der Waals surface area contributed by atoms with Gasteiger partial charge in [0.25, 0.3) is 17.5 Å². The predicted octanol–water partition coefficient (Wildman–Crippen LogP) is 2.27. The van der Waals surface area contributed by atoms with Gasteiger partial charge < -0.3 is 9.15 Å². The van der Waals surface area contributed by atoms with Crippen LogP contribution in [0.3, 0.4) is 0 Å². The number of nitro benzene ring substituents is 1. The summed E-state index contributed by atoms with van der Waals surface area (Å²) in [5, 5.41) is 11.5. The molecule has 2 amide bonds. The minimum absolute atomic E-state index is 0.0142. The lowest BCUT2D eigenvalue weighted by atomic mass is 10.1. The molecular formula is C19H15N3O7. The Morgan fingerprint density at radius 3 is 2.59 bits per heavy atom. The summed E-state index contributed by atoms with van der Waals surface area (Å²) in [7, 11) is 0. The maximum Gasteiger partial charge on any atom is 0.375 e. The number of rotatable bonds is 5. The van der Waals surface area contributed by atoms with Crippen LogP contribution in [0.2, 0.25) is 0 Å². The lowest BCUT2D eigenvalue weighted by Crippen LogP contribution is -2.43. The van der Waals surface area contributed by atoms with Crippen LogP contribution in [0.1, 0.15) is 26.5 Å². The minimum Gasteiger partial charge on any atom is -0.450 e. The average molecular weight is 397 g/mol. The van der Waals surface area contributed by atoms with Gasteiger partial charge in [0.15, 0.2) is 6.61 Å². The van der Waals surface area contributed by atoms with E-state index in [1.807, 2.05) is 0 Å². The second-order valence-corrected chi connectivity index (χ2v) is 5.94. The molecular weight excluding hydrogens is 382 g/mol. The average Bonchev–Trinajstić information content (AvgIpc) is 3.07. The van der Waals surface area contributed by atoms with Gasteiger partial charge in [0.1, 0.15) is 5.58 Å². The van der Waals surface area contributed by atoms with E-state index in [0.717, 1.165) is 11.5 Å². The van der Waals surface area contributed by atoms with Crippen LogP contribution in [0.5, 0.6) is 0 Å². The second-order valence-electron chi connectivity index (χ2n) is 5.94. The number of fused-ring (bicyclic) bond motifs is 1. The molecule has 0 aliphatic carbocycles. The third kappa shape index (κ3) is 4.38. The standard InChI is InChI=1S/C19H15N3O7/c1-11-14-7-2-3-8-15(14)29-17(11)19(25)28-10-16(23)20-21-18(24)12-5-4-6-13(9-12)22(26)27/h2-9H,10H2,1H3,(H,20,23)(H,21,24). The molecule has 0 bridgehead atoms. The van der Waals surface area contributed by atoms with Gasteiger partial charge in [-0.1, -0.05) is 24.3 Å². The smallest absolute Gasteiger partial charge is 0.375 e. The number of hydrogen-bond acceptors (Lipinski definition) is 7. The topological polar surface area (TPSA) is 141 Å². The molecule has 1 heterocycles. The van der Waals surface area contributed by atoms with Gasteiger partial charge in [0.05, 0.1) is 4.92 Å². The van der Waals surface area contributed by atoms with E-state index in [4.69, 9.17) is 9.15 Å². The molecule has 0 aliphatic rings. The largest absolute Gasteiger partial charge is 0.450 e. The zero-order chi connectivity index (χ0) is 21.0. The highest BCUT2D eigenvalue weighted by atomic mass is 16.6. The molecule has 2 aromatic carbocycles. The van der Waals surface area contributed by atoms with Crippen molar-refractivity contribution in [3.8, 4) is 0 Å². The molecule has 29 heavy (non-hydrogen) atoms. The van der Waals surface area contributed by atoms with E-state index in [2.05, 4.69) is 10.9 Å². The maximum absolute atomic E-state index is 12.2. The second kappa shape index (κ2) is 8.21. The van der Waals surface area contributed by atoms with Crippen LogP contribution >= 0.6 is 0 Å². The Hall–Kier alpha value is -4.21. The number of para-hydroxylation sites is 1. The summed E-state index contributed by atoms with van der Waals surface area (Å²) in [5.41, 5.74) is 4.97. The summed E-state index contributed by atoms with van der Waals surface area (Å²) in [5.74, 6) is -2.40. The third-order valence-corrected chi connectivity index (χ3v) is 4.00. The fourth-order valence-electron chi connectivity index (χ4n) is 2.56. The molecule has 0 unspecified atom stereocenters. The van der Waals surface area contributed by atoms with Crippen LogP contribution in [-0.4, -0.2) is 29.3 Å². The summed E-state index contributed by atoms with van der Waals surface area (Å²) in [6.45, 7) is 1.03. The van der Waals surface area contributed by atoms with E-state index in [1.165, 1.54) is 18.2 Å². The van der Waals surface area contributed by atoms with Crippen molar-refractivity contribution >= 4 is 34.4 Å². The van der Waals surface area contributed by atoms with E-state index in [0.29, 0.717) is 11.1 Å². The number of carbonyl (C=O) groups is 3. The Morgan fingerprint density at radius 1 is 1.10 bits per heavy atom. The number of nitrogens with one attached hydrogen (secondary N) is 2. The molecule has 148 valence electrons. The Kier molecular flexibility index (Phi) is 5.54. The molecule has 1 aromatic heterocycles. The Labute approximate surface area is 163 Å². The van der Waals surface area contributed by atoms with Crippen molar-refractivity contribution < 1.29 is 28.5 Å². The fourth-order valence-corrected chi connectivity index (χ4v) is 2.56. The molecule has 10 nitrogen and oxygen atoms in total. The van der Waals surface area contributed by atoms with Crippen molar-refractivity contribution in [3.05, 3.63) is 75.5 Å². The molecule has 2 N–H and O–H groups in total. The number of ether oxygens (including phenoxy) is 1. The van der Waals surface area contributed by atoms with E-state index >= 15 is 0 Å². The van der Waals surface area contributed by atoms with Crippen molar-refractivity contribution in [2.75, 3.05) is 6.61 Å². The summed E-state index contributed by atoms with van der Waals surface area (Å²) < 4.78 is 10.4. The first-order valence-corrected chi connectivity index (χ1v) is 8.35. The molecule has 0 spiro atoms. The fraction of sp³-hybridized carbons (Fsp3) is 0.105. The summed E-state index contributed by atoms with van der Waals surface area (Å²) >= 11 is 0. The molecule has 0 saturated carbocycles. The molecule has 0 saturated heterocycles. The van der Waals surface area contributed by atoms with Crippen molar-refractivity contribution in [2.45, 2.75) is 6.92 Å². The summed E-state index contributed by atoms with van der Waals surface area (Å²) in [6.07, 6.45) is 0. The number of furan rings is 1. The summed E-state index contributed by atoms with van der Waals surface area (Å²) in [6, 6.07) is 12.0. The SMILES string of the molecule is Cc1c(C(=O)OCC(=O)NNC(=O)c2cccc([N+](=O)[O-])c2)oc2ccccc12. The molecule has 3 rings (SSSR count). The number of amides is 2. The van der Waals surface area contributed by atoms with Crippen LogP contribution in [0, 0.1) is 17.0 Å². The first-order chi connectivity index (χ1) is 13.9. The Balaban J connectivity index is 1.53. The third-order valence-electron chi connectivity index (χ3n) is 4.00. The van der Waals surface area contributed by atoms with Gasteiger partial charge in [-0.2, -0.15) is 0 Å². The van der Waals surface area contributed by atoms with Crippen molar-refractivity contribution in [1.82, 2.24) is 10.9 Å². The molecule has 3 aromatic rings. The molecule has 0 aliphatic heterocycles. The van der Waals surface area contributed by atoms with Crippen LogP contribution < -0.4 is 10.9 Å². The molecule has 0 radical (unpaired) electrons. The highest BCUT2D eigenvalue weighted by molar-refractivity contribution is 5.98. The maximum atomic E-state index is 12.2. The number of nitro groups is 1. The number of aryl methyl sites for hydroxylation is 1. The van der Waals surface area contributed by atoms with E-state index in [-0.39, 0.29) is 17.0 Å². The lowest BCUT2D eigenvalue weighted by molar-refractivity contribution is -0.384. The Morgan fingerprint density at radius 2 is 1.86 bits per heavy atom. The number of non-ortho nitro benzene ring substituents is 1. The van der Waals surface area contributed by atoms with E-state index in [9.17, 15) is 24.5 Å². The number of hydrazine groups is 1. The van der Waals surface area contributed by atoms with Gasteiger partial charge in [0.2, 0.25) is 5.76 Å². The summed E-state index contributed by atoms with van der Waals surface area (Å²) in [4.78, 5) is 46.0. The first kappa shape index (κ1) is 19.5. The van der Waals surface area contributed by atoms with Gasteiger partial charge in [0, 0.05) is 28.6 Å². The van der Waals surface area contributed by atoms with E-state index in [1.54, 1.807) is 31.2 Å². The van der Waals surface area contributed by atoms with Crippen LogP contribution in [0.15, 0.2) is 52.9 Å². The number of carbonyl (C=O) groups excluding carboxylic acids is 3. The van der Waals surface area contributed by atoms with Crippen molar-refractivity contribution in [3.63, 3.8) is 0 Å². The van der Waals surface area contributed by atoms with Gasteiger partial charge >= 0.3 is 5.97 Å². The van der Waals surface area contributed by atoms with Crippen LogP contribution in [0.25, 0.3) is 11.0 Å². The molecule has 10 heteroatoms. The van der Waals surface area contributed by atoms with Crippen molar-refractivity contribution in [1.29, 1.82) is 0 Å². The first-order valence-electron chi connectivity index (χ1n) is 8.35. The van der Waals surface area contributed by atoms with Gasteiger partial charge in [-0.05, 0) is 19.1 Å². The molecule has 0 fully saturated rings. The van der Waals surface area contributed by atoms with Gasteiger partial charge in [-0.25, -0.2) is 4.79 Å². The van der Waals surface area contributed by atoms with Gasteiger partial charge in [-0.15, -0.1) is 0 Å². The quantitative estimate of drug-likeness (QED) is 0.382. The number of benzene rings is 2. The van der Waals surface area contributed by atoms with Crippen molar-refractivity contribution in [2.24, 2.45) is 0 Å². The zero-order valence-corrected chi connectivity index (χ0v) is 15.1. The van der Waals surface area contributed by atoms with Gasteiger partial charge in [-0.3, -0.25) is 30.6 Å². The highest BCUT2D eigenvalue weighted by Crippen LogP contribution is 2.25. The number of nitrogens with zero attached hydrogens (tertiary/aromatic N) is 1. The highest BCUT2D eigenvalue weighted by Gasteiger charge is 2.20. The van der Waals surface area contributed by atoms with E-state index < -0.39 is 29.3 Å². The molecule has 0 atom stereocenters. The van der Waals surface area contributed by atoms with Crippen LogP contribution in [0.4, 0.5) is 5.69 Å².